The lowest BCUT2D eigenvalue weighted by Crippen LogP contribution is -2.32. The highest BCUT2D eigenvalue weighted by Gasteiger charge is 2.11. The van der Waals surface area contributed by atoms with Gasteiger partial charge in [0.1, 0.15) is 5.82 Å². The average Bonchev–Trinajstić information content (AvgIpc) is 2.70. The molecule has 1 heterocycles. The molecule has 0 spiro atoms. The van der Waals surface area contributed by atoms with Gasteiger partial charge in [-0.2, -0.15) is 5.10 Å². The van der Waals surface area contributed by atoms with Crippen LogP contribution in [0, 0.1) is 5.82 Å². The molecule has 2 aromatic carbocycles. The van der Waals surface area contributed by atoms with E-state index in [0.29, 0.717) is 16.8 Å². The lowest BCUT2D eigenvalue weighted by molar-refractivity contribution is 0.0949. The summed E-state index contributed by atoms with van der Waals surface area (Å²) in [6.07, 6.45) is 0. The smallest absolute Gasteiger partial charge is 0.266 e. The maximum absolute atomic E-state index is 13.1. The van der Waals surface area contributed by atoms with Crippen molar-refractivity contribution in [3.63, 3.8) is 0 Å². The van der Waals surface area contributed by atoms with Crippen molar-refractivity contribution >= 4 is 17.7 Å². The average molecular weight is 397 g/mol. The van der Waals surface area contributed by atoms with Gasteiger partial charge >= 0.3 is 0 Å². The van der Waals surface area contributed by atoms with Crippen LogP contribution in [0.5, 0.6) is 0 Å². The minimum atomic E-state index is -0.332. The van der Waals surface area contributed by atoms with E-state index >= 15 is 0 Å². The summed E-state index contributed by atoms with van der Waals surface area (Å²) in [6, 6.07) is 16.4. The van der Waals surface area contributed by atoms with Crippen molar-refractivity contribution in [3.05, 3.63) is 82.4 Å². The van der Waals surface area contributed by atoms with Crippen LogP contribution >= 0.6 is 11.8 Å². The van der Waals surface area contributed by atoms with Crippen molar-refractivity contribution in [3.8, 4) is 11.3 Å². The number of carbonyl (C=O) groups excluding carboxylic acids is 1. The SMILES string of the molecule is CCSc1ccccc1C(=O)NCCn1nc(-c2ccc(F)cc2)ccc1=O. The monoisotopic (exact) mass is 397 g/mol. The molecule has 1 amide bonds. The Hall–Kier alpha value is -2.93. The number of hydrogen-bond donors (Lipinski definition) is 1. The third kappa shape index (κ3) is 4.86. The van der Waals surface area contributed by atoms with Gasteiger partial charge in [-0.1, -0.05) is 19.1 Å². The van der Waals surface area contributed by atoms with Crippen LogP contribution in [-0.4, -0.2) is 28.0 Å². The Kier molecular flexibility index (Phi) is 6.60. The first-order valence-corrected chi connectivity index (χ1v) is 9.91. The summed E-state index contributed by atoms with van der Waals surface area (Å²) in [6.45, 7) is 2.54. The molecule has 5 nitrogen and oxygen atoms in total. The summed E-state index contributed by atoms with van der Waals surface area (Å²) in [7, 11) is 0. The van der Waals surface area contributed by atoms with Crippen molar-refractivity contribution in [1.82, 2.24) is 15.1 Å². The van der Waals surface area contributed by atoms with E-state index in [0.717, 1.165) is 10.6 Å². The van der Waals surface area contributed by atoms with Crippen LogP contribution in [0.4, 0.5) is 4.39 Å². The molecular weight excluding hydrogens is 377 g/mol. The van der Waals surface area contributed by atoms with E-state index in [1.807, 2.05) is 25.1 Å². The molecule has 0 saturated carbocycles. The molecule has 7 heteroatoms. The van der Waals surface area contributed by atoms with Crippen molar-refractivity contribution in [2.45, 2.75) is 18.4 Å². The predicted molar refractivity (Wildman–Crippen MR) is 109 cm³/mol. The zero-order valence-corrected chi connectivity index (χ0v) is 16.2. The molecule has 0 fully saturated rings. The van der Waals surface area contributed by atoms with Crippen LogP contribution in [0.25, 0.3) is 11.3 Å². The van der Waals surface area contributed by atoms with E-state index in [9.17, 15) is 14.0 Å². The second-order valence-corrected chi connectivity index (χ2v) is 7.28. The minimum absolute atomic E-state index is 0.181. The summed E-state index contributed by atoms with van der Waals surface area (Å²) in [5.41, 5.74) is 1.64. The van der Waals surface area contributed by atoms with Gasteiger partial charge in [0.2, 0.25) is 0 Å². The number of aromatic nitrogens is 2. The zero-order valence-electron chi connectivity index (χ0n) is 15.4. The summed E-state index contributed by atoms with van der Waals surface area (Å²) >= 11 is 1.61. The van der Waals surface area contributed by atoms with E-state index < -0.39 is 0 Å². The van der Waals surface area contributed by atoms with Gasteiger partial charge in [-0.25, -0.2) is 9.07 Å². The zero-order chi connectivity index (χ0) is 19.9. The molecule has 0 bridgehead atoms. The maximum atomic E-state index is 13.1. The fourth-order valence-electron chi connectivity index (χ4n) is 2.69. The molecule has 3 aromatic rings. The summed E-state index contributed by atoms with van der Waals surface area (Å²) in [5, 5.41) is 7.15. The third-order valence-corrected chi connectivity index (χ3v) is 5.00. The molecule has 0 saturated heterocycles. The number of halogens is 1. The van der Waals surface area contributed by atoms with E-state index in [4.69, 9.17) is 0 Å². The number of benzene rings is 2. The quantitative estimate of drug-likeness (QED) is 0.619. The Labute approximate surface area is 166 Å². The highest BCUT2D eigenvalue weighted by molar-refractivity contribution is 7.99. The first-order valence-electron chi connectivity index (χ1n) is 8.92. The molecule has 0 unspecified atom stereocenters. The van der Waals surface area contributed by atoms with Crippen LogP contribution in [0.3, 0.4) is 0 Å². The van der Waals surface area contributed by atoms with E-state index in [-0.39, 0.29) is 30.4 Å². The van der Waals surface area contributed by atoms with Crippen molar-refractivity contribution in [2.24, 2.45) is 0 Å². The molecule has 1 N–H and O–H groups in total. The van der Waals surface area contributed by atoms with Gasteiger partial charge in [0, 0.05) is 23.1 Å². The highest BCUT2D eigenvalue weighted by Crippen LogP contribution is 2.22. The molecule has 0 radical (unpaired) electrons. The number of thioether (sulfide) groups is 1. The Morgan fingerprint density at radius 3 is 2.61 bits per heavy atom. The number of rotatable bonds is 7. The predicted octanol–water partition coefficient (Wildman–Crippen LogP) is 3.59. The van der Waals surface area contributed by atoms with E-state index in [2.05, 4.69) is 10.4 Å². The van der Waals surface area contributed by atoms with Crippen LogP contribution in [0.1, 0.15) is 17.3 Å². The van der Waals surface area contributed by atoms with E-state index in [1.165, 1.54) is 22.9 Å². The normalized spacial score (nSPS) is 10.6. The molecule has 28 heavy (non-hydrogen) atoms. The number of hydrogen-bond acceptors (Lipinski definition) is 4. The lowest BCUT2D eigenvalue weighted by atomic mass is 10.1. The Morgan fingerprint density at radius 1 is 1.11 bits per heavy atom. The topological polar surface area (TPSA) is 64.0 Å². The van der Waals surface area contributed by atoms with Crippen LogP contribution < -0.4 is 10.9 Å². The third-order valence-electron chi connectivity index (χ3n) is 4.05. The number of carbonyl (C=O) groups is 1. The minimum Gasteiger partial charge on any atom is -0.350 e. The summed E-state index contributed by atoms with van der Waals surface area (Å²) in [5.74, 6) is 0.361. The molecule has 0 atom stereocenters. The van der Waals surface area contributed by atoms with Gasteiger partial charge in [0.25, 0.3) is 11.5 Å². The first kappa shape index (κ1) is 19.8. The number of amides is 1. The van der Waals surface area contributed by atoms with Gasteiger partial charge < -0.3 is 5.32 Å². The molecule has 1 aromatic heterocycles. The fraction of sp³-hybridized carbons (Fsp3) is 0.190. The summed E-state index contributed by atoms with van der Waals surface area (Å²) in [4.78, 5) is 25.5. The van der Waals surface area contributed by atoms with Gasteiger partial charge in [0.15, 0.2) is 0 Å². The van der Waals surface area contributed by atoms with Crippen LogP contribution in [-0.2, 0) is 6.54 Å². The number of nitrogens with zero attached hydrogens (tertiary/aromatic N) is 2. The Morgan fingerprint density at radius 2 is 1.86 bits per heavy atom. The molecule has 3 rings (SSSR count). The Bertz CT molecular complexity index is 1020. The molecule has 0 aliphatic heterocycles. The van der Waals surface area contributed by atoms with Gasteiger partial charge in [-0.3, -0.25) is 9.59 Å². The second-order valence-electron chi connectivity index (χ2n) is 5.97. The van der Waals surface area contributed by atoms with E-state index in [1.54, 1.807) is 36.0 Å². The highest BCUT2D eigenvalue weighted by atomic mass is 32.2. The Balaban J connectivity index is 1.68. The fourth-order valence-corrected chi connectivity index (χ4v) is 3.49. The lowest BCUT2D eigenvalue weighted by Gasteiger charge is -2.10. The summed E-state index contributed by atoms with van der Waals surface area (Å²) < 4.78 is 14.4. The molecule has 0 aliphatic rings. The van der Waals surface area contributed by atoms with Gasteiger partial charge in [0.05, 0.1) is 17.8 Å². The molecular formula is C21H20FN3O2S. The van der Waals surface area contributed by atoms with Crippen molar-refractivity contribution in [1.29, 1.82) is 0 Å². The molecule has 0 aliphatic carbocycles. The standard InChI is InChI=1S/C21H20FN3O2S/c1-2-28-19-6-4-3-5-17(19)21(27)23-13-14-25-20(26)12-11-18(24-25)15-7-9-16(22)10-8-15/h3-12H,2,13-14H2,1H3,(H,23,27). The van der Waals surface area contributed by atoms with Crippen molar-refractivity contribution < 1.29 is 9.18 Å². The van der Waals surface area contributed by atoms with Crippen molar-refractivity contribution in [2.75, 3.05) is 12.3 Å². The van der Waals surface area contributed by atoms with Gasteiger partial charge in [-0.15, -0.1) is 11.8 Å². The first-order chi connectivity index (χ1) is 13.6. The van der Waals surface area contributed by atoms with Crippen LogP contribution in [0.15, 0.2) is 70.4 Å². The largest absolute Gasteiger partial charge is 0.350 e. The van der Waals surface area contributed by atoms with Crippen LogP contribution in [0.2, 0.25) is 0 Å². The molecule has 144 valence electrons. The second kappa shape index (κ2) is 9.32. The number of nitrogens with one attached hydrogen (secondary N) is 1. The van der Waals surface area contributed by atoms with Gasteiger partial charge in [-0.05, 0) is 48.2 Å². The maximum Gasteiger partial charge on any atom is 0.266 e.